The first-order valence-electron chi connectivity index (χ1n) is 9.06. The zero-order valence-corrected chi connectivity index (χ0v) is 14.1. The zero-order chi connectivity index (χ0) is 16.8. The number of rotatable bonds is 5. The van der Waals surface area contributed by atoms with Gasteiger partial charge in [0.05, 0.1) is 12.6 Å². The van der Waals surface area contributed by atoms with Gasteiger partial charge in [-0.15, -0.1) is 0 Å². The van der Waals surface area contributed by atoms with E-state index < -0.39 is 0 Å². The topological polar surface area (TPSA) is 88.1 Å². The van der Waals surface area contributed by atoms with E-state index in [1.807, 2.05) is 10.9 Å². The molecule has 2 amide bonds. The maximum Gasteiger partial charge on any atom is 0.272 e. The van der Waals surface area contributed by atoms with Crippen LogP contribution in [0.25, 0.3) is 0 Å². The third kappa shape index (κ3) is 4.56. The highest BCUT2D eigenvalue weighted by Crippen LogP contribution is 2.17. The number of aromatic nitrogens is 2. The quantitative estimate of drug-likeness (QED) is 0.750. The van der Waals surface area contributed by atoms with E-state index in [4.69, 9.17) is 0 Å². The van der Waals surface area contributed by atoms with E-state index in [0.29, 0.717) is 11.7 Å². The van der Waals surface area contributed by atoms with Gasteiger partial charge in [0.2, 0.25) is 5.91 Å². The second-order valence-corrected chi connectivity index (χ2v) is 6.77. The van der Waals surface area contributed by atoms with Gasteiger partial charge in [0, 0.05) is 18.8 Å². The Morgan fingerprint density at radius 1 is 1.21 bits per heavy atom. The minimum atomic E-state index is -0.295. The van der Waals surface area contributed by atoms with Gasteiger partial charge in [0.15, 0.2) is 0 Å². The number of carbonyl (C=O) groups excluding carboxylic acids is 2. The molecule has 7 heteroatoms. The second kappa shape index (κ2) is 8.28. The van der Waals surface area contributed by atoms with Gasteiger partial charge in [-0.25, -0.2) is 0 Å². The molecule has 1 aromatic heterocycles. The zero-order valence-electron chi connectivity index (χ0n) is 14.1. The van der Waals surface area contributed by atoms with Gasteiger partial charge in [-0.2, -0.15) is 5.10 Å². The number of nitrogens with zero attached hydrogens (tertiary/aromatic N) is 2. The van der Waals surface area contributed by atoms with Crippen LogP contribution in [0, 0.1) is 0 Å². The highest BCUT2D eigenvalue weighted by molar-refractivity contribution is 5.94. The molecule has 3 rings (SSSR count). The summed E-state index contributed by atoms with van der Waals surface area (Å²) >= 11 is 0. The first-order chi connectivity index (χ1) is 11.7. The highest BCUT2D eigenvalue weighted by Gasteiger charge is 2.19. The van der Waals surface area contributed by atoms with Gasteiger partial charge in [-0.3, -0.25) is 14.3 Å². The van der Waals surface area contributed by atoms with Crippen molar-refractivity contribution in [3.63, 3.8) is 0 Å². The Kier molecular flexibility index (Phi) is 5.85. The fraction of sp³-hybridized carbons (Fsp3) is 0.706. The smallest absolute Gasteiger partial charge is 0.272 e. The molecule has 1 saturated carbocycles. The van der Waals surface area contributed by atoms with Gasteiger partial charge < -0.3 is 16.0 Å². The Morgan fingerprint density at radius 2 is 2.04 bits per heavy atom. The largest absolute Gasteiger partial charge is 0.352 e. The van der Waals surface area contributed by atoms with E-state index >= 15 is 0 Å². The minimum absolute atomic E-state index is 0.00712. The van der Waals surface area contributed by atoms with Crippen LogP contribution in [0.2, 0.25) is 0 Å². The van der Waals surface area contributed by atoms with Crippen LogP contribution in [0.4, 0.5) is 0 Å². The number of nitrogens with one attached hydrogen (secondary N) is 3. The van der Waals surface area contributed by atoms with Gasteiger partial charge in [-0.05, 0) is 38.3 Å². The molecule has 2 fully saturated rings. The summed E-state index contributed by atoms with van der Waals surface area (Å²) in [6.45, 7) is 1.93. The van der Waals surface area contributed by atoms with E-state index in [9.17, 15) is 9.59 Å². The maximum absolute atomic E-state index is 12.2. The molecule has 1 atom stereocenters. The summed E-state index contributed by atoms with van der Waals surface area (Å²) in [7, 11) is 0. The summed E-state index contributed by atoms with van der Waals surface area (Å²) in [5.74, 6) is -0.414. The number of amides is 2. The van der Waals surface area contributed by atoms with Crippen LogP contribution in [-0.4, -0.2) is 47.3 Å². The molecule has 1 aliphatic heterocycles. The third-order valence-electron chi connectivity index (χ3n) is 4.87. The summed E-state index contributed by atoms with van der Waals surface area (Å²) < 4.78 is 1.85. The van der Waals surface area contributed by atoms with Crippen molar-refractivity contribution >= 4 is 11.8 Å². The first-order valence-corrected chi connectivity index (χ1v) is 9.06. The van der Waals surface area contributed by atoms with Crippen LogP contribution in [-0.2, 0) is 4.79 Å². The van der Waals surface area contributed by atoms with Crippen molar-refractivity contribution in [2.75, 3.05) is 19.6 Å². The van der Waals surface area contributed by atoms with E-state index in [-0.39, 0.29) is 24.4 Å². The van der Waals surface area contributed by atoms with E-state index in [1.54, 1.807) is 6.07 Å². The Hall–Kier alpha value is -1.89. The first kappa shape index (κ1) is 17.0. The molecular weight excluding hydrogens is 306 g/mol. The van der Waals surface area contributed by atoms with Gasteiger partial charge >= 0.3 is 0 Å². The number of hydrogen-bond acceptors (Lipinski definition) is 4. The normalized spacial score (nSPS) is 22.1. The van der Waals surface area contributed by atoms with Crippen molar-refractivity contribution < 1.29 is 9.59 Å². The van der Waals surface area contributed by atoms with Crippen LogP contribution >= 0.6 is 0 Å². The predicted octanol–water partition coefficient (Wildman–Crippen LogP) is 0.986. The molecule has 24 heavy (non-hydrogen) atoms. The van der Waals surface area contributed by atoms with Crippen LogP contribution in [0.3, 0.4) is 0 Å². The Bertz CT molecular complexity index is 559. The molecule has 0 aromatic carbocycles. The molecule has 3 N–H and O–H groups in total. The lowest BCUT2D eigenvalue weighted by molar-refractivity contribution is -0.121. The Balaban J connectivity index is 1.44. The molecule has 2 heterocycles. The highest BCUT2D eigenvalue weighted by atomic mass is 16.2. The van der Waals surface area contributed by atoms with Crippen molar-refractivity contribution in [1.82, 2.24) is 25.7 Å². The number of hydrogen-bond donors (Lipinski definition) is 3. The molecule has 1 saturated heterocycles. The van der Waals surface area contributed by atoms with Crippen LogP contribution < -0.4 is 16.0 Å². The molecule has 0 radical (unpaired) electrons. The molecule has 7 nitrogen and oxygen atoms in total. The van der Waals surface area contributed by atoms with E-state index in [1.165, 1.54) is 19.3 Å². The Morgan fingerprint density at radius 3 is 2.79 bits per heavy atom. The molecular formula is C17H27N5O2. The fourth-order valence-corrected chi connectivity index (χ4v) is 3.50. The van der Waals surface area contributed by atoms with E-state index in [0.717, 1.165) is 38.8 Å². The van der Waals surface area contributed by atoms with Crippen molar-refractivity contribution in [2.45, 2.75) is 57.0 Å². The minimum Gasteiger partial charge on any atom is -0.352 e. The monoisotopic (exact) mass is 333 g/mol. The van der Waals surface area contributed by atoms with Crippen molar-refractivity contribution in [3.05, 3.63) is 18.0 Å². The molecule has 2 aliphatic rings. The summed E-state index contributed by atoms with van der Waals surface area (Å²) in [4.78, 5) is 24.1. The average molecular weight is 333 g/mol. The predicted molar refractivity (Wildman–Crippen MR) is 90.7 cm³/mol. The standard InChI is InChI=1S/C17H27N5O2/c23-16(20-13-5-2-1-3-6-13)12-19-17(24)15-8-10-22(21-15)14-7-4-9-18-11-14/h8,10,13-14,18H,1-7,9,11-12H2,(H,19,24)(H,20,23). The molecule has 0 bridgehead atoms. The lowest BCUT2D eigenvalue weighted by Crippen LogP contribution is -2.42. The number of carbonyl (C=O) groups is 2. The maximum atomic E-state index is 12.2. The van der Waals surface area contributed by atoms with Gasteiger partial charge in [0.25, 0.3) is 5.91 Å². The molecule has 1 unspecified atom stereocenters. The molecule has 1 aromatic rings. The number of piperidine rings is 1. The van der Waals surface area contributed by atoms with Crippen molar-refractivity contribution in [2.24, 2.45) is 0 Å². The fourth-order valence-electron chi connectivity index (χ4n) is 3.50. The van der Waals surface area contributed by atoms with Gasteiger partial charge in [-0.1, -0.05) is 19.3 Å². The van der Waals surface area contributed by atoms with Crippen LogP contribution in [0.5, 0.6) is 0 Å². The lowest BCUT2D eigenvalue weighted by atomic mass is 9.95. The summed E-state index contributed by atoms with van der Waals surface area (Å²) in [5.41, 5.74) is 0.367. The van der Waals surface area contributed by atoms with Crippen LogP contribution in [0.1, 0.15) is 61.5 Å². The van der Waals surface area contributed by atoms with Gasteiger partial charge in [0.1, 0.15) is 5.69 Å². The average Bonchev–Trinajstić information content (AvgIpc) is 3.11. The van der Waals surface area contributed by atoms with Crippen molar-refractivity contribution in [3.8, 4) is 0 Å². The van der Waals surface area contributed by atoms with Crippen LogP contribution in [0.15, 0.2) is 12.3 Å². The molecule has 0 spiro atoms. The molecule has 1 aliphatic carbocycles. The summed E-state index contributed by atoms with van der Waals surface area (Å²) in [5, 5.41) is 13.4. The SMILES string of the molecule is O=C(CNC(=O)c1ccn(C2CCCNC2)n1)NC1CCCCC1. The summed E-state index contributed by atoms with van der Waals surface area (Å²) in [6.07, 6.45) is 9.71. The van der Waals surface area contributed by atoms with Crippen molar-refractivity contribution in [1.29, 1.82) is 0 Å². The lowest BCUT2D eigenvalue weighted by Gasteiger charge is -2.23. The van der Waals surface area contributed by atoms with E-state index in [2.05, 4.69) is 21.0 Å². The molecule has 132 valence electrons. The third-order valence-corrected chi connectivity index (χ3v) is 4.87. The second-order valence-electron chi connectivity index (χ2n) is 6.77. The Labute approximate surface area is 142 Å². The summed E-state index contributed by atoms with van der Waals surface area (Å²) in [6, 6.07) is 2.28.